The highest BCUT2D eigenvalue weighted by molar-refractivity contribution is 5.89. The Morgan fingerprint density at radius 3 is 2.82 bits per heavy atom. The number of hydrogen-bond acceptors (Lipinski definition) is 7. The number of pyridine rings is 1. The van der Waals surface area contributed by atoms with E-state index in [0.717, 1.165) is 33.9 Å². The van der Waals surface area contributed by atoms with Gasteiger partial charge in [0, 0.05) is 24.6 Å². The van der Waals surface area contributed by atoms with E-state index in [1.165, 1.54) is 13.3 Å². The number of para-hydroxylation sites is 1. The SMILES string of the molecule is COC(=O)c1ccc(-c2cccc3c2O[C@H](CNC(=O)CCc2ccc4c(c2)OCO4)C3)nc1. The average molecular weight is 460 g/mol. The van der Waals surface area contributed by atoms with Crippen molar-refractivity contribution >= 4 is 11.9 Å². The summed E-state index contributed by atoms with van der Waals surface area (Å²) in [5.74, 6) is 1.77. The third kappa shape index (κ3) is 4.52. The third-order valence-corrected chi connectivity index (χ3v) is 5.89. The lowest BCUT2D eigenvalue weighted by Crippen LogP contribution is -2.34. The van der Waals surface area contributed by atoms with Crippen LogP contribution in [0.5, 0.6) is 17.2 Å². The first-order valence-electron chi connectivity index (χ1n) is 11.1. The molecule has 2 aliphatic heterocycles. The van der Waals surface area contributed by atoms with E-state index in [4.69, 9.17) is 18.9 Å². The molecule has 174 valence electrons. The highest BCUT2D eigenvalue weighted by atomic mass is 16.7. The number of carbonyl (C=O) groups excluding carboxylic acids is 2. The van der Waals surface area contributed by atoms with E-state index in [-0.39, 0.29) is 18.8 Å². The molecule has 34 heavy (non-hydrogen) atoms. The Morgan fingerprint density at radius 2 is 2.00 bits per heavy atom. The number of esters is 1. The third-order valence-electron chi connectivity index (χ3n) is 5.89. The van der Waals surface area contributed by atoms with Gasteiger partial charge in [0.05, 0.1) is 24.9 Å². The largest absolute Gasteiger partial charge is 0.487 e. The molecule has 0 unspecified atom stereocenters. The first-order chi connectivity index (χ1) is 16.6. The van der Waals surface area contributed by atoms with Crippen LogP contribution in [0.25, 0.3) is 11.3 Å². The summed E-state index contributed by atoms with van der Waals surface area (Å²) in [5, 5.41) is 2.98. The van der Waals surface area contributed by atoms with Crippen LogP contribution in [0.2, 0.25) is 0 Å². The Hall–Kier alpha value is -4.07. The first kappa shape index (κ1) is 21.8. The zero-order valence-electron chi connectivity index (χ0n) is 18.7. The average Bonchev–Trinajstić information content (AvgIpc) is 3.52. The van der Waals surface area contributed by atoms with Crippen LogP contribution < -0.4 is 19.5 Å². The highest BCUT2D eigenvalue weighted by Gasteiger charge is 2.26. The smallest absolute Gasteiger partial charge is 0.339 e. The molecule has 0 spiro atoms. The fourth-order valence-corrected chi connectivity index (χ4v) is 4.12. The number of rotatable bonds is 7. The van der Waals surface area contributed by atoms with E-state index in [2.05, 4.69) is 10.3 Å². The van der Waals surface area contributed by atoms with Crippen molar-refractivity contribution in [3.63, 3.8) is 0 Å². The molecular weight excluding hydrogens is 436 g/mol. The summed E-state index contributed by atoms with van der Waals surface area (Å²) in [6.07, 6.45) is 3.03. The van der Waals surface area contributed by atoms with E-state index >= 15 is 0 Å². The molecule has 8 nitrogen and oxygen atoms in total. The van der Waals surface area contributed by atoms with Gasteiger partial charge in [-0.1, -0.05) is 18.2 Å². The number of nitrogens with zero attached hydrogens (tertiary/aromatic N) is 1. The maximum Gasteiger partial charge on any atom is 0.339 e. The van der Waals surface area contributed by atoms with Crippen molar-refractivity contribution < 1.29 is 28.5 Å². The molecule has 0 bridgehead atoms. The summed E-state index contributed by atoms with van der Waals surface area (Å²) >= 11 is 0. The molecule has 2 aliphatic rings. The molecule has 0 aliphatic carbocycles. The van der Waals surface area contributed by atoms with Gasteiger partial charge in [-0.05, 0) is 47.9 Å². The minimum Gasteiger partial charge on any atom is -0.487 e. The zero-order valence-corrected chi connectivity index (χ0v) is 18.7. The van der Waals surface area contributed by atoms with E-state index < -0.39 is 5.97 Å². The number of methoxy groups -OCH3 is 1. The molecule has 0 saturated heterocycles. The molecule has 2 aromatic carbocycles. The topological polar surface area (TPSA) is 96.0 Å². The van der Waals surface area contributed by atoms with Crippen LogP contribution >= 0.6 is 0 Å². The van der Waals surface area contributed by atoms with Crippen LogP contribution in [0.4, 0.5) is 0 Å². The molecular formula is C26H24N2O6. The van der Waals surface area contributed by atoms with Crippen LogP contribution in [-0.2, 0) is 22.4 Å². The summed E-state index contributed by atoms with van der Waals surface area (Å²) in [6.45, 7) is 0.655. The quantitative estimate of drug-likeness (QED) is 0.541. The highest BCUT2D eigenvalue weighted by Crippen LogP contribution is 2.38. The molecule has 1 amide bonds. The summed E-state index contributed by atoms with van der Waals surface area (Å²) in [6, 6.07) is 15.1. The van der Waals surface area contributed by atoms with E-state index in [0.29, 0.717) is 37.1 Å². The molecule has 1 aromatic heterocycles. The van der Waals surface area contributed by atoms with Gasteiger partial charge in [0.1, 0.15) is 11.9 Å². The molecule has 3 heterocycles. The van der Waals surface area contributed by atoms with Gasteiger partial charge >= 0.3 is 5.97 Å². The van der Waals surface area contributed by atoms with Crippen molar-refractivity contribution in [2.75, 3.05) is 20.4 Å². The minimum atomic E-state index is -0.428. The molecule has 1 atom stereocenters. The second kappa shape index (κ2) is 9.43. The Morgan fingerprint density at radius 1 is 1.12 bits per heavy atom. The lowest BCUT2D eigenvalue weighted by Gasteiger charge is -2.13. The summed E-state index contributed by atoms with van der Waals surface area (Å²) in [4.78, 5) is 28.5. The number of ether oxygens (including phenoxy) is 4. The fraction of sp³-hybridized carbons (Fsp3) is 0.269. The van der Waals surface area contributed by atoms with Crippen molar-refractivity contribution in [3.8, 4) is 28.5 Å². The Labute approximate surface area is 196 Å². The van der Waals surface area contributed by atoms with Gasteiger partial charge < -0.3 is 24.3 Å². The maximum absolute atomic E-state index is 12.4. The Balaban J connectivity index is 1.16. The number of aryl methyl sites for hydroxylation is 1. The van der Waals surface area contributed by atoms with Crippen LogP contribution in [0.1, 0.15) is 27.9 Å². The van der Waals surface area contributed by atoms with Gasteiger partial charge in [-0.15, -0.1) is 0 Å². The summed E-state index contributed by atoms with van der Waals surface area (Å²) in [7, 11) is 1.34. The maximum atomic E-state index is 12.4. The molecule has 0 fully saturated rings. The molecule has 1 N–H and O–H groups in total. The second-order valence-electron chi connectivity index (χ2n) is 8.15. The van der Waals surface area contributed by atoms with E-state index in [1.807, 2.05) is 36.4 Å². The van der Waals surface area contributed by atoms with Gasteiger partial charge in [0.15, 0.2) is 11.5 Å². The molecule has 0 saturated carbocycles. The standard InChI is InChI=1S/C26H24N2O6/c1-31-26(30)18-7-8-21(27-13-18)20-4-2-3-17-12-19(34-25(17)20)14-28-24(29)10-6-16-5-9-22-23(11-16)33-15-32-22/h2-5,7-9,11,13,19H,6,10,12,14-15H2,1H3,(H,28,29)/t19-/m0/s1. The molecule has 8 heteroatoms. The number of hydrogen-bond donors (Lipinski definition) is 1. The van der Waals surface area contributed by atoms with Crippen molar-refractivity contribution in [3.05, 3.63) is 71.4 Å². The van der Waals surface area contributed by atoms with Gasteiger partial charge in [-0.2, -0.15) is 0 Å². The summed E-state index contributed by atoms with van der Waals surface area (Å²) < 4.78 is 21.6. The van der Waals surface area contributed by atoms with Crippen LogP contribution in [-0.4, -0.2) is 43.4 Å². The van der Waals surface area contributed by atoms with Crippen LogP contribution in [0.15, 0.2) is 54.7 Å². The molecule has 0 radical (unpaired) electrons. The van der Waals surface area contributed by atoms with Crippen LogP contribution in [0.3, 0.4) is 0 Å². The minimum absolute atomic E-state index is 0.0301. The van der Waals surface area contributed by atoms with Crippen LogP contribution in [0, 0.1) is 0 Å². The predicted octanol–water partition coefficient (Wildman–Crippen LogP) is 3.32. The lowest BCUT2D eigenvalue weighted by atomic mass is 10.0. The number of amides is 1. The van der Waals surface area contributed by atoms with Gasteiger partial charge in [0.25, 0.3) is 0 Å². The van der Waals surface area contributed by atoms with Gasteiger partial charge in [0.2, 0.25) is 12.7 Å². The normalized spacial score (nSPS) is 15.4. The van der Waals surface area contributed by atoms with Crippen molar-refractivity contribution in [1.29, 1.82) is 0 Å². The summed E-state index contributed by atoms with van der Waals surface area (Å²) in [5.41, 5.74) is 4.04. The van der Waals surface area contributed by atoms with Crippen molar-refractivity contribution in [1.82, 2.24) is 10.3 Å². The monoisotopic (exact) mass is 460 g/mol. The molecule has 3 aromatic rings. The zero-order chi connectivity index (χ0) is 23.5. The number of aromatic nitrogens is 1. The first-order valence-corrected chi connectivity index (χ1v) is 11.1. The second-order valence-corrected chi connectivity index (χ2v) is 8.15. The molecule has 5 rings (SSSR count). The lowest BCUT2D eigenvalue weighted by molar-refractivity contribution is -0.121. The number of fused-ring (bicyclic) bond motifs is 2. The van der Waals surface area contributed by atoms with Crippen molar-refractivity contribution in [2.24, 2.45) is 0 Å². The van der Waals surface area contributed by atoms with Crippen molar-refractivity contribution in [2.45, 2.75) is 25.4 Å². The van der Waals surface area contributed by atoms with Gasteiger partial charge in [-0.25, -0.2) is 4.79 Å². The number of nitrogens with one attached hydrogen (secondary N) is 1. The fourth-order valence-electron chi connectivity index (χ4n) is 4.12. The Bertz CT molecular complexity index is 1220. The Kier molecular flexibility index (Phi) is 6.03. The number of carbonyl (C=O) groups is 2. The van der Waals surface area contributed by atoms with E-state index in [9.17, 15) is 9.59 Å². The number of benzene rings is 2. The predicted molar refractivity (Wildman–Crippen MR) is 123 cm³/mol. The van der Waals surface area contributed by atoms with E-state index in [1.54, 1.807) is 12.1 Å². The van der Waals surface area contributed by atoms with Gasteiger partial charge in [-0.3, -0.25) is 9.78 Å².